The Labute approximate surface area is 212 Å². The molecule has 1 saturated heterocycles. The molecule has 1 aliphatic rings. The van der Waals surface area contributed by atoms with Crippen LogP contribution in [-0.4, -0.2) is 63.0 Å². The molecule has 0 bridgehead atoms. The van der Waals surface area contributed by atoms with E-state index < -0.39 is 11.7 Å². The summed E-state index contributed by atoms with van der Waals surface area (Å²) < 4.78 is 6.01. The van der Waals surface area contributed by atoms with Crippen molar-refractivity contribution in [1.29, 1.82) is 0 Å². The molecule has 0 saturated carbocycles. The molecule has 1 atom stereocenters. The van der Waals surface area contributed by atoms with Gasteiger partial charge in [0.25, 0.3) is 17.6 Å². The zero-order valence-electron chi connectivity index (χ0n) is 20.2. The van der Waals surface area contributed by atoms with Crippen molar-refractivity contribution in [3.8, 4) is 11.3 Å². The Morgan fingerprint density at radius 1 is 1.00 bits per heavy atom. The van der Waals surface area contributed by atoms with Crippen LogP contribution in [0.2, 0.25) is 0 Å². The quantitative estimate of drug-likeness (QED) is 0.294. The fourth-order valence-corrected chi connectivity index (χ4v) is 4.97. The highest BCUT2D eigenvalue weighted by molar-refractivity contribution is 6.44. The Kier molecular flexibility index (Phi) is 5.56. The number of ketones is 1. The molecule has 5 aromatic rings. The zero-order valence-corrected chi connectivity index (χ0v) is 20.2. The maximum absolute atomic E-state index is 13.3. The van der Waals surface area contributed by atoms with E-state index in [1.807, 2.05) is 61.5 Å². The monoisotopic (exact) mass is 492 g/mol. The third-order valence-electron chi connectivity index (χ3n) is 6.89. The number of nitrogens with one attached hydrogen (secondary N) is 1. The minimum Gasteiger partial charge on any atom is -0.456 e. The van der Waals surface area contributed by atoms with Gasteiger partial charge in [0.2, 0.25) is 0 Å². The van der Waals surface area contributed by atoms with Crippen molar-refractivity contribution < 1.29 is 18.8 Å². The third-order valence-corrected chi connectivity index (χ3v) is 6.89. The van der Waals surface area contributed by atoms with E-state index in [4.69, 9.17) is 4.42 Å². The van der Waals surface area contributed by atoms with Crippen molar-refractivity contribution in [3.63, 3.8) is 0 Å². The molecule has 37 heavy (non-hydrogen) atoms. The number of hydrogen-bond acceptors (Lipinski definition) is 5. The number of amides is 2. The number of furan rings is 1. The van der Waals surface area contributed by atoms with Gasteiger partial charge in [-0.25, -0.2) is 0 Å². The van der Waals surface area contributed by atoms with Gasteiger partial charge in [0.1, 0.15) is 11.3 Å². The standard InChI is InChI=1S/C29H24N4O4/c1-18-17-32(28(35)19-7-3-2-4-8-19)13-14-33(18)29(36)27(34)22-16-31-25-21(11-12-30-26(22)25)24-15-20-9-5-6-10-23(20)37-24/h2-12,15-16,18,31H,13-14,17H2,1H3/t18-/m1/s1. The number of fused-ring (bicyclic) bond motifs is 2. The van der Waals surface area contributed by atoms with Crippen LogP contribution in [0.1, 0.15) is 27.6 Å². The van der Waals surface area contributed by atoms with E-state index in [9.17, 15) is 14.4 Å². The lowest BCUT2D eigenvalue weighted by atomic mass is 10.1. The van der Waals surface area contributed by atoms with Gasteiger partial charge in [-0.1, -0.05) is 36.4 Å². The first-order valence-corrected chi connectivity index (χ1v) is 12.2. The molecule has 6 rings (SSSR count). The first kappa shape index (κ1) is 22.7. The van der Waals surface area contributed by atoms with Crippen LogP contribution >= 0.6 is 0 Å². The lowest BCUT2D eigenvalue weighted by Crippen LogP contribution is -2.56. The van der Waals surface area contributed by atoms with Crippen molar-refractivity contribution in [2.45, 2.75) is 13.0 Å². The molecule has 8 nitrogen and oxygen atoms in total. The number of hydrogen-bond donors (Lipinski definition) is 1. The SMILES string of the molecule is C[C@@H]1CN(C(=O)c2ccccc2)CCN1C(=O)C(=O)c1c[nH]c2c(-c3cc4ccccc4o3)ccnc12. The van der Waals surface area contributed by atoms with Gasteiger partial charge in [0.15, 0.2) is 0 Å². The Morgan fingerprint density at radius 3 is 2.57 bits per heavy atom. The minimum atomic E-state index is -0.629. The van der Waals surface area contributed by atoms with Gasteiger partial charge < -0.3 is 19.2 Å². The van der Waals surface area contributed by atoms with Crippen molar-refractivity contribution in [2.75, 3.05) is 19.6 Å². The normalized spacial score (nSPS) is 15.9. The van der Waals surface area contributed by atoms with E-state index in [1.165, 1.54) is 6.20 Å². The highest BCUT2D eigenvalue weighted by atomic mass is 16.3. The summed E-state index contributed by atoms with van der Waals surface area (Å²) in [5.41, 5.74) is 3.39. The number of carbonyl (C=O) groups excluding carboxylic acids is 3. The first-order chi connectivity index (χ1) is 18.0. The lowest BCUT2D eigenvalue weighted by Gasteiger charge is -2.39. The lowest BCUT2D eigenvalue weighted by molar-refractivity contribution is -0.130. The number of rotatable bonds is 4. The highest BCUT2D eigenvalue weighted by Gasteiger charge is 2.34. The number of pyridine rings is 1. The molecule has 4 heterocycles. The fraction of sp³-hybridized carbons (Fsp3) is 0.172. The van der Waals surface area contributed by atoms with Gasteiger partial charge >= 0.3 is 0 Å². The maximum Gasteiger partial charge on any atom is 0.295 e. The second-order valence-corrected chi connectivity index (χ2v) is 9.23. The van der Waals surface area contributed by atoms with Gasteiger partial charge in [0, 0.05) is 54.6 Å². The molecule has 0 unspecified atom stereocenters. The van der Waals surface area contributed by atoms with E-state index in [0.29, 0.717) is 35.4 Å². The van der Waals surface area contributed by atoms with Crippen molar-refractivity contribution in [1.82, 2.24) is 19.8 Å². The molecule has 1 N–H and O–H groups in total. The molecule has 2 aromatic carbocycles. The molecular weight excluding hydrogens is 468 g/mol. The number of para-hydroxylation sites is 1. The summed E-state index contributed by atoms with van der Waals surface area (Å²) in [5.74, 6) is -0.662. The first-order valence-electron chi connectivity index (χ1n) is 12.2. The van der Waals surface area contributed by atoms with Crippen LogP contribution in [0.4, 0.5) is 0 Å². The Balaban J connectivity index is 1.23. The van der Waals surface area contributed by atoms with E-state index >= 15 is 0 Å². The smallest absolute Gasteiger partial charge is 0.295 e. The summed E-state index contributed by atoms with van der Waals surface area (Å²) in [4.78, 5) is 50.2. The van der Waals surface area contributed by atoms with E-state index in [1.54, 1.807) is 28.1 Å². The van der Waals surface area contributed by atoms with Crippen molar-refractivity contribution in [3.05, 3.63) is 90.3 Å². The summed E-state index contributed by atoms with van der Waals surface area (Å²) >= 11 is 0. The summed E-state index contributed by atoms with van der Waals surface area (Å²) in [5, 5.41) is 0.972. The predicted molar refractivity (Wildman–Crippen MR) is 139 cm³/mol. The fourth-order valence-electron chi connectivity index (χ4n) is 4.97. The maximum atomic E-state index is 13.3. The predicted octanol–water partition coefficient (Wildman–Crippen LogP) is 4.53. The molecular formula is C29H24N4O4. The van der Waals surface area contributed by atoms with Gasteiger partial charge in [-0.3, -0.25) is 19.4 Å². The van der Waals surface area contributed by atoms with Crippen LogP contribution in [-0.2, 0) is 4.79 Å². The second kappa shape index (κ2) is 9.05. The minimum absolute atomic E-state index is 0.0789. The van der Waals surface area contributed by atoms with Gasteiger partial charge in [-0.05, 0) is 37.3 Å². The Bertz CT molecular complexity index is 1620. The number of Topliss-reactive ketones (excluding diaryl/α,β-unsaturated/α-hetero) is 1. The molecule has 1 fully saturated rings. The number of aromatic amines is 1. The summed E-state index contributed by atoms with van der Waals surface area (Å²) in [7, 11) is 0. The highest BCUT2D eigenvalue weighted by Crippen LogP contribution is 2.33. The van der Waals surface area contributed by atoms with Crippen LogP contribution in [0, 0.1) is 0 Å². The van der Waals surface area contributed by atoms with E-state index in [2.05, 4.69) is 9.97 Å². The van der Waals surface area contributed by atoms with Crippen molar-refractivity contribution in [2.24, 2.45) is 0 Å². The van der Waals surface area contributed by atoms with Gasteiger partial charge in [-0.2, -0.15) is 0 Å². The molecule has 0 radical (unpaired) electrons. The molecule has 8 heteroatoms. The Morgan fingerprint density at radius 2 is 1.78 bits per heavy atom. The van der Waals surface area contributed by atoms with Crippen molar-refractivity contribution >= 4 is 39.6 Å². The average molecular weight is 493 g/mol. The number of nitrogens with zero attached hydrogens (tertiary/aromatic N) is 3. The van der Waals surface area contributed by atoms with Crippen LogP contribution in [0.5, 0.6) is 0 Å². The van der Waals surface area contributed by atoms with Crippen LogP contribution in [0.3, 0.4) is 0 Å². The number of benzene rings is 2. The number of piperazine rings is 1. The topological polar surface area (TPSA) is 99.5 Å². The van der Waals surface area contributed by atoms with Crippen LogP contribution in [0.25, 0.3) is 33.3 Å². The summed E-state index contributed by atoms with van der Waals surface area (Å²) in [6.45, 7) is 2.85. The van der Waals surface area contributed by atoms with Crippen LogP contribution < -0.4 is 0 Å². The van der Waals surface area contributed by atoms with Gasteiger partial charge in [0.05, 0.1) is 16.6 Å². The average Bonchev–Trinajstić information content (AvgIpc) is 3.57. The second-order valence-electron chi connectivity index (χ2n) is 9.23. The van der Waals surface area contributed by atoms with E-state index in [0.717, 1.165) is 16.5 Å². The molecule has 0 aliphatic carbocycles. The molecule has 184 valence electrons. The van der Waals surface area contributed by atoms with Gasteiger partial charge in [-0.15, -0.1) is 0 Å². The zero-order chi connectivity index (χ0) is 25.5. The number of carbonyl (C=O) groups is 3. The Hall–Kier alpha value is -4.72. The molecule has 1 aliphatic heterocycles. The molecule has 2 amide bonds. The summed E-state index contributed by atoms with van der Waals surface area (Å²) in [6, 6.07) is 20.2. The largest absolute Gasteiger partial charge is 0.456 e. The summed E-state index contributed by atoms with van der Waals surface area (Å²) in [6.07, 6.45) is 3.14. The van der Waals surface area contributed by atoms with Crippen LogP contribution in [0.15, 0.2) is 83.5 Å². The van der Waals surface area contributed by atoms with E-state index in [-0.39, 0.29) is 24.1 Å². The molecule has 0 spiro atoms. The molecule has 3 aromatic heterocycles. The number of aromatic nitrogens is 2. The third kappa shape index (κ3) is 3.96. The number of H-pyrrole nitrogens is 1.